The van der Waals surface area contributed by atoms with Crippen molar-refractivity contribution in [3.63, 3.8) is 0 Å². The summed E-state index contributed by atoms with van der Waals surface area (Å²) in [5.74, 6) is -0.352. The van der Waals surface area contributed by atoms with Crippen molar-refractivity contribution >= 4 is 17.7 Å². The summed E-state index contributed by atoms with van der Waals surface area (Å²) in [7, 11) is 3.03. The Labute approximate surface area is 99.7 Å². The molecule has 0 rings (SSSR count). The highest BCUT2D eigenvalue weighted by Crippen LogP contribution is 2.02. The van der Waals surface area contributed by atoms with Gasteiger partial charge < -0.3 is 4.74 Å². The molecule has 0 N–H and O–H groups in total. The average molecular weight is 251 g/mol. The van der Waals surface area contributed by atoms with E-state index < -0.39 is 11.7 Å². The van der Waals surface area contributed by atoms with Gasteiger partial charge in [0, 0.05) is 5.57 Å². The van der Waals surface area contributed by atoms with E-state index in [9.17, 15) is 4.79 Å². The molecule has 0 saturated carbocycles. The highest BCUT2D eigenvalue weighted by atomic mass is 32.3. The number of esters is 1. The van der Waals surface area contributed by atoms with Crippen molar-refractivity contribution in [2.24, 2.45) is 0 Å². The molecule has 0 aromatic carbocycles. The van der Waals surface area contributed by atoms with Gasteiger partial charge in [0.2, 0.25) is 0 Å². The molecule has 0 amide bonds. The molecular weight excluding hydrogens is 232 g/mol. The van der Waals surface area contributed by atoms with Crippen molar-refractivity contribution in [2.45, 2.75) is 19.8 Å². The van der Waals surface area contributed by atoms with Crippen LogP contribution < -0.4 is 0 Å². The van der Waals surface area contributed by atoms with Gasteiger partial charge in [-0.2, -0.15) is 0 Å². The largest absolute Gasteiger partial charge is 0.507 e. The molecule has 0 aliphatic carbocycles. The van der Waals surface area contributed by atoms with Crippen LogP contribution in [0.5, 0.6) is 0 Å². The lowest BCUT2D eigenvalue weighted by Gasteiger charge is -2.03. The van der Waals surface area contributed by atoms with Gasteiger partial charge in [0.1, 0.15) is 6.61 Å². The normalized spacial score (nSPS) is 10.5. The molecule has 6 heteroatoms. The lowest BCUT2D eigenvalue weighted by molar-refractivity contribution is -0.139. The van der Waals surface area contributed by atoms with Crippen molar-refractivity contribution < 1.29 is 22.1 Å². The summed E-state index contributed by atoms with van der Waals surface area (Å²) >= 11 is -0.882. The monoisotopic (exact) mass is 251 g/mol. The maximum atomic E-state index is 11.0. The van der Waals surface area contributed by atoms with E-state index in [2.05, 4.69) is 6.58 Å². The van der Waals surface area contributed by atoms with Gasteiger partial charge in [-0.3, -0.25) is 0 Å². The van der Waals surface area contributed by atoms with E-state index in [1.807, 2.05) is 0 Å². The van der Waals surface area contributed by atoms with Crippen LogP contribution in [0.15, 0.2) is 12.2 Å². The van der Waals surface area contributed by atoms with Gasteiger partial charge in [0.05, 0.1) is 20.8 Å². The molecule has 94 valence electrons. The number of hydrogen-bond acceptors (Lipinski definition) is 5. The van der Waals surface area contributed by atoms with E-state index in [0.717, 1.165) is 12.8 Å². The van der Waals surface area contributed by atoms with E-state index in [0.29, 0.717) is 18.8 Å². The molecule has 0 unspecified atom stereocenters. The van der Waals surface area contributed by atoms with Gasteiger partial charge in [0.25, 0.3) is 0 Å². The number of carbonyl (C=O) groups excluding carboxylic acids is 1. The average Bonchev–Trinajstić information content (AvgIpc) is 2.27. The van der Waals surface area contributed by atoms with Crippen LogP contribution in [0.2, 0.25) is 0 Å². The minimum absolute atomic E-state index is 0.352. The van der Waals surface area contributed by atoms with Crippen LogP contribution in [0.3, 0.4) is 0 Å². The first-order valence-electron chi connectivity index (χ1n) is 4.91. The van der Waals surface area contributed by atoms with Crippen molar-refractivity contribution in [1.82, 2.24) is 0 Å². The van der Waals surface area contributed by atoms with Gasteiger partial charge >= 0.3 is 17.7 Å². The first kappa shape index (κ1) is 15.4. The number of ether oxygens (including phenoxy) is 1. The second-order valence-corrected chi connectivity index (χ2v) is 4.29. The third kappa shape index (κ3) is 7.70. The molecule has 5 nitrogen and oxygen atoms in total. The van der Waals surface area contributed by atoms with Gasteiger partial charge in [-0.25, -0.2) is 4.79 Å². The number of carbonyl (C=O) groups is 1. The molecule has 0 aliphatic heterocycles. The highest BCUT2D eigenvalue weighted by Gasteiger charge is 2.21. The van der Waals surface area contributed by atoms with Crippen LogP contribution in [0.4, 0.5) is 0 Å². The Morgan fingerprint density at radius 1 is 1.19 bits per heavy atom. The summed E-state index contributed by atoms with van der Waals surface area (Å²) in [6.45, 7) is 5.99. The molecule has 0 aliphatic rings. The summed E-state index contributed by atoms with van der Waals surface area (Å²) in [6, 6.07) is 0. The zero-order valence-electron chi connectivity index (χ0n) is 9.99. The maximum Gasteiger partial charge on any atom is 0.507 e. The minimum atomic E-state index is -0.882. The number of hydrogen-bond donors (Lipinski definition) is 0. The van der Waals surface area contributed by atoms with Gasteiger partial charge in [0.15, 0.2) is 0 Å². The zero-order valence-corrected chi connectivity index (χ0v) is 10.8. The predicted octanol–water partition coefficient (Wildman–Crippen LogP) is 1.56. The topological polar surface area (TPSA) is 54.0 Å². The van der Waals surface area contributed by atoms with Crippen LogP contribution in [0, 0.1) is 0 Å². The Hall–Kier alpha value is -0.560. The van der Waals surface area contributed by atoms with E-state index in [-0.39, 0.29) is 5.97 Å². The summed E-state index contributed by atoms with van der Waals surface area (Å²) in [5, 5.41) is 0. The van der Waals surface area contributed by atoms with Crippen LogP contribution in [-0.2, 0) is 33.8 Å². The summed E-state index contributed by atoms with van der Waals surface area (Å²) in [5.41, 5.74) is 0.413. The fourth-order valence-corrected chi connectivity index (χ4v) is 1.37. The lowest BCUT2D eigenvalue weighted by atomic mass is 10.3. The lowest BCUT2D eigenvalue weighted by Crippen LogP contribution is -2.12. The maximum absolute atomic E-state index is 11.0. The molecule has 0 bridgehead atoms. The van der Waals surface area contributed by atoms with Gasteiger partial charge in [-0.15, -0.1) is 12.5 Å². The van der Waals surface area contributed by atoms with Crippen LogP contribution >= 0.6 is 0 Å². The Morgan fingerprint density at radius 2 is 1.75 bits per heavy atom. The molecule has 0 saturated heterocycles. The standard InChI is InChI=1S/C10H19O5S/c1-9(2)10(11)14-7-5-6-8-15-16(12-3)13-4/h1,5-8H2,2-4H3/q+1. The Kier molecular flexibility index (Phi) is 9.31. The quantitative estimate of drug-likeness (QED) is 0.269. The second kappa shape index (κ2) is 9.65. The number of unbranched alkanes of at least 4 members (excludes halogenated alkanes) is 1. The van der Waals surface area contributed by atoms with Crippen molar-refractivity contribution in [3.05, 3.63) is 12.2 Å². The fourth-order valence-electron chi connectivity index (χ4n) is 0.783. The molecule has 0 aromatic heterocycles. The Bertz CT molecular complexity index is 215. The molecule has 0 radical (unpaired) electrons. The molecule has 16 heavy (non-hydrogen) atoms. The molecule has 0 aromatic rings. The molecular formula is C10H19O5S+. The minimum Gasteiger partial charge on any atom is -0.462 e. The SMILES string of the molecule is C=C(C)C(=O)OCCCCO[S+](OC)OC. The van der Waals surface area contributed by atoms with E-state index >= 15 is 0 Å². The smallest absolute Gasteiger partial charge is 0.462 e. The molecule has 0 fully saturated rings. The van der Waals surface area contributed by atoms with Crippen LogP contribution in [0.25, 0.3) is 0 Å². The third-order valence-electron chi connectivity index (χ3n) is 1.57. The predicted molar refractivity (Wildman–Crippen MR) is 62.3 cm³/mol. The Balaban J connectivity index is 3.34. The first-order chi connectivity index (χ1) is 7.61. The first-order valence-corrected chi connectivity index (χ1v) is 5.91. The van der Waals surface area contributed by atoms with E-state index in [4.69, 9.17) is 17.3 Å². The van der Waals surface area contributed by atoms with Crippen LogP contribution in [0.1, 0.15) is 19.8 Å². The molecule has 0 spiro atoms. The Morgan fingerprint density at radius 3 is 2.25 bits per heavy atom. The second-order valence-electron chi connectivity index (χ2n) is 2.98. The third-order valence-corrected chi connectivity index (χ3v) is 2.48. The molecule has 0 heterocycles. The van der Waals surface area contributed by atoms with E-state index in [1.54, 1.807) is 6.92 Å². The molecule has 0 atom stereocenters. The van der Waals surface area contributed by atoms with Crippen molar-refractivity contribution in [2.75, 3.05) is 27.4 Å². The van der Waals surface area contributed by atoms with Crippen LogP contribution in [-0.4, -0.2) is 33.4 Å². The summed E-state index contributed by atoms with van der Waals surface area (Å²) < 4.78 is 19.9. The van der Waals surface area contributed by atoms with Gasteiger partial charge in [-0.05, 0) is 19.8 Å². The van der Waals surface area contributed by atoms with Crippen molar-refractivity contribution in [3.8, 4) is 0 Å². The highest BCUT2D eigenvalue weighted by molar-refractivity contribution is 7.82. The van der Waals surface area contributed by atoms with Crippen molar-refractivity contribution in [1.29, 1.82) is 0 Å². The van der Waals surface area contributed by atoms with E-state index in [1.165, 1.54) is 14.2 Å². The van der Waals surface area contributed by atoms with Gasteiger partial charge in [-0.1, -0.05) is 6.58 Å². The summed E-state index contributed by atoms with van der Waals surface area (Å²) in [6.07, 6.45) is 1.52. The summed E-state index contributed by atoms with van der Waals surface area (Å²) in [4.78, 5) is 11.0. The fraction of sp³-hybridized carbons (Fsp3) is 0.700. The number of rotatable bonds is 9. The zero-order chi connectivity index (χ0) is 12.4.